The molecule has 0 amide bonds. The normalized spacial score (nSPS) is 16.0. The third-order valence-electron chi connectivity index (χ3n) is 4.55. The number of thiol groups is 1. The Balaban J connectivity index is 1.63. The molecule has 1 saturated heterocycles. The van der Waals surface area contributed by atoms with Crippen molar-refractivity contribution in [3.8, 4) is 11.1 Å². The summed E-state index contributed by atoms with van der Waals surface area (Å²) >= 11 is 4.45. The van der Waals surface area contributed by atoms with Crippen LogP contribution < -0.4 is 4.72 Å². The number of benzene rings is 2. The number of rotatable bonds is 6. The average molecular weight is 377 g/mol. The number of nitrogens with one attached hydrogen (secondary N) is 1. The Morgan fingerprint density at radius 2 is 1.64 bits per heavy atom. The van der Waals surface area contributed by atoms with E-state index in [-0.39, 0.29) is 0 Å². The van der Waals surface area contributed by atoms with Gasteiger partial charge in [0.2, 0.25) is 10.0 Å². The molecule has 134 valence electrons. The van der Waals surface area contributed by atoms with Crippen LogP contribution in [0.1, 0.15) is 19.3 Å². The van der Waals surface area contributed by atoms with Gasteiger partial charge in [0.05, 0.1) is 4.90 Å². The fourth-order valence-electron chi connectivity index (χ4n) is 3.14. The maximum atomic E-state index is 12.4. The summed E-state index contributed by atoms with van der Waals surface area (Å²) in [5.74, 6) is 0. The summed E-state index contributed by atoms with van der Waals surface area (Å²) in [6.07, 6.45) is 3.70. The molecule has 0 unspecified atom stereocenters. The minimum absolute atomic E-state index is 0.298. The number of hydrogen-bond acceptors (Lipinski definition) is 4. The Morgan fingerprint density at radius 1 is 0.960 bits per heavy atom. The quantitative estimate of drug-likeness (QED) is 0.760. The largest absolute Gasteiger partial charge is 0.302 e. The van der Waals surface area contributed by atoms with Crippen LogP contribution in [0.2, 0.25) is 0 Å². The van der Waals surface area contributed by atoms with E-state index in [0.29, 0.717) is 11.4 Å². The Hall–Kier alpha value is -1.34. The highest BCUT2D eigenvalue weighted by molar-refractivity contribution is 7.89. The second-order valence-electron chi connectivity index (χ2n) is 6.34. The first-order valence-corrected chi connectivity index (χ1v) is 10.6. The average Bonchev–Trinajstić information content (AvgIpc) is 2.63. The lowest BCUT2D eigenvalue weighted by atomic mass is 10.1. The summed E-state index contributed by atoms with van der Waals surface area (Å²) in [6.45, 7) is 3.35. The number of hydrogen-bond donors (Lipinski definition) is 2. The molecule has 1 heterocycles. The van der Waals surface area contributed by atoms with Crippen molar-refractivity contribution in [3.05, 3.63) is 48.5 Å². The molecule has 2 aromatic carbocycles. The molecular formula is C19H24N2O2S2. The maximum Gasteiger partial charge on any atom is 0.240 e. The lowest BCUT2D eigenvalue weighted by molar-refractivity contribution is 0.233. The minimum Gasteiger partial charge on any atom is -0.302 e. The molecule has 1 fully saturated rings. The lowest BCUT2D eigenvalue weighted by Crippen LogP contribution is -2.37. The van der Waals surface area contributed by atoms with E-state index in [1.54, 1.807) is 12.1 Å². The van der Waals surface area contributed by atoms with E-state index in [0.717, 1.165) is 35.7 Å². The van der Waals surface area contributed by atoms with Crippen LogP contribution in [-0.4, -0.2) is 39.5 Å². The van der Waals surface area contributed by atoms with E-state index in [1.807, 2.05) is 36.4 Å². The summed E-state index contributed by atoms with van der Waals surface area (Å²) in [7, 11) is -3.47. The standard InChI is InChI=1S/C19H24N2O2S2/c22-25(23,20-12-15-21-13-4-1-5-14-21)17-10-8-16(9-11-17)18-6-2-3-7-19(18)24/h2-3,6-11,20,24H,1,4-5,12-15H2. The van der Waals surface area contributed by atoms with Crippen LogP contribution in [0.5, 0.6) is 0 Å². The van der Waals surface area contributed by atoms with Gasteiger partial charge in [-0.3, -0.25) is 0 Å². The summed E-state index contributed by atoms with van der Waals surface area (Å²) in [4.78, 5) is 3.49. The first-order valence-electron chi connectivity index (χ1n) is 8.67. The molecule has 0 bridgehead atoms. The van der Waals surface area contributed by atoms with Crippen molar-refractivity contribution in [2.75, 3.05) is 26.2 Å². The highest BCUT2D eigenvalue weighted by Crippen LogP contribution is 2.27. The van der Waals surface area contributed by atoms with Crippen LogP contribution in [0.4, 0.5) is 0 Å². The Kier molecular flexibility index (Phi) is 6.17. The van der Waals surface area contributed by atoms with Gasteiger partial charge < -0.3 is 4.90 Å². The van der Waals surface area contributed by atoms with Crippen LogP contribution in [-0.2, 0) is 10.0 Å². The van der Waals surface area contributed by atoms with Crippen molar-refractivity contribution in [3.63, 3.8) is 0 Å². The molecule has 1 N–H and O–H groups in total. The van der Waals surface area contributed by atoms with Crippen LogP contribution in [0.25, 0.3) is 11.1 Å². The van der Waals surface area contributed by atoms with Gasteiger partial charge in [0.1, 0.15) is 0 Å². The highest BCUT2D eigenvalue weighted by Gasteiger charge is 2.15. The van der Waals surface area contributed by atoms with Crippen LogP contribution >= 0.6 is 12.6 Å². The summed E-state index contributed by atoms with van der Waals surface area (Å²) in [5, 5.41) is 0. The monoisotopic (exact) mass is 376 g/mol. The molecule has 2 aromatic rings. The Bertz CT molecular complexity index is 798. The van der Waals surface area contributed by atoms with Gasteiger partial charge in [-0.25, -0.2) is 13.1 Å². The molecule has 25 heavy (non-hydrogen) atoms. The van der Waals surface area contributed by atoms with Crippen molar-refractivity contribution in [1.82, 2.24) is 9.62 Å². The molecule has 1 aliphatic heterocycles. The zero-order valence-corrected chi connectivity index (χ0v) is 15.9. The fraction of sp³-hybridized carbons (Fsp3) is 0.368. The van der Waals surface area contributed by atoms with Crippen molar-refractivity contribution in [1.29, 1.82) is 0 Å². The molecule has 1 aliphatic rings. The van der Waals surface area contributed by atoms with Crippen LogP contribution in [0.3, 0.4) is 0 Å². The van der Waals surface area contributed by atoms with Crippen molar-refractivity contribution in [2.45, 2.75) is 29.1 Å². The Labute approximate surface area is 155 Å². The molecule has 3 rings (SSSR count). The van der Waals surface area contributed by atoms with E-state index in [2.05, 4.69) is 22.3 Å². The summed E-state index contributed by atoms with van der Waals surface area (Å²) in [5.41, 5.74) is 1.95. The van der Waals surface area contributed by atoms with E-state index in [9.17, 15) is 8.42 Å². The zero-order valence-electron chi connectivity index (χ0n) is 14.2. The number of nitrogens with zero attached hydrogens (tertiary/aromatic N) is 1. The molecule has 0 radical (unpaired) electrons. The third kappa shape index (κ3) is 4.85. The number of sulfonamides is 1. The van der Waals surface area contributed by atoms with Gasteiger partial charge in [-0.15, -0.1) is 12.6 Å². The van der Waals surface area contributed by atoms with Crippen LogP contribution in [0.15, 0.2) is 58.3 Å². The van der Waals surface area contributed by atoms with E-state index in [1.165, 1.54) is 19.3 Å². The maximum absolute atomic E-state index is 12.4. The summed E-state index contributed by atoms with van der Waals surface area (Å²) in [6, 6.07) is 14.7. The van der Waals surface area contributed by atoms with Gasteiger partial charge in [0.25, 0.3) is 0 Å². The molecule has 6 heteroatoms. The number of piperidine rings is 1. The summed E-state index contributed by atoms with van der Waals surface area (Å²) < 4.78 is 27.6. The predicted octanol–water partition coefficient (Wildman–Crippen LogP) is 3.41. The highest BCUT2D eigenvalue weighted by atomic mass is 32.2. The van der Waals surface area contributed by atoms with E-state index >= 15 is 0 Å². The van der Waals surface area contributed by atoms with Crippen molar-refractivity contribution < 1.29 is 8.42 Å². The number of likely N-dealkylation sites (tertiary alicyclic amines) is 1. The van der Waals surface area contributed by atoms with E-state index in [4.69, 9.17) is 0 Å². The molecule has 0 spiro atoms. The Morgan fingerprint density at radius 3 is 2.32 bits per heavy atom. The van der Waals surface area contributed by atoms with E-state index < -0.39 is 10.0 Å². The first-order chi connectivity index (χ1) is 12.1. The van der Waals surface area contributed by atoms with Crippen LogP contribution in [0, 0.1) is 0 Å². The zero-order chi connectivity index (χ0) is 17.7. The fourth-order valence-corrected chi connectivity index (χ4v) is 4.45. The van der Waals surface area contributed by atoms with Gasteiger partial charge in [0, 0.05) is 18.0 Å². The van der Waals surface area contributed by atoms with Crippen molar-refractivity contribution in [2.24, 2.45) is 0 Å². The molecular weight excluding hydrogens is 352 g/mol. The third-order valence-corrected chi connectivity index (χ3v) is 6.42. The first kappa shape index (κ1) is 18.5. The van der Waals surface area contributed by atoms with Gasteiger partial charge in [-0.05, 0) is 55.3 Å². The second-order valence-corrected chi connectivity index (χ2v) is 8.59. The van der Waals surface area contributed by atoms with Gasteiger partial charge in [-0.2, -0.15) is 0 Å². The van der Waals surface area contributed by atoms with Gasteiger partial charge >= 0.3 is 0 Å². The molecule has 0 saturated carbocycles. The van der Waals surface area contributed by atoms with Gasteiger partial charge in [-0.1, -0.05) is 36.8 Å². The molecule has 0 atom stereocenters. The van der Waals surface area contributed by atoms with Crippen molar-refractivity contribution >= 4 is 22.7 Å². The topological polar surface area (TPSA) is 49.4 Å². The molecule has 0 aliphatic carbocycles. The van der Waals surface area contributed by atoms with Gasteiger partial charge in [0.15, 0.2) is 0 Å². The predicted molar refractivity (Wildman–Crippen MR) is 105 cm³/mol. The molecule has 0 aromatic heterocycles. The minimum atomic E-state index is -3.47. The SMILES string of the molecule is O=S(=O)(NCCN1CCCCC1)c1ccc(-c2ccccc2S)cc1. The second kappa shape index (κ2) is 8.36. The smallest absolute Gasteiger partial charge is 0.240 e. The lowest BCUT2D eigenvalue weighted by Gasteiger charge is -2.26. The molecule has 4 nitrogen and oxygen atoms in total.